The van der Waals surface area contributed by atoms with Gasteiger partial charge in [0.25, 0.3) is 0 Å². The molecule has 0 aliphatic rings. The number of rotatable bonds is 30. The molecule has 0 saturated heterocycles. The van der Waals surface area contributed by atoms with Crippen molar-refractivity contribution in [3.8, 4) is 0 Å². The van der Waals surface area contributed by atoms with Crippen LogP contribution < -0.4 is 0 Å². The van der Waals surface area contributed by atoms with Crippen LogP contribution in [-0.2, 0) is 11.4 Å². The summed E-state index contributed by atoms with van der Waals surface area (Å²) in [7, 11) is 0. The average molecular weight is 583 g/mol. The van der Waals surface area contributed by atoms with E-state index in [0.29, 0.717) is 0 Å². The van der Waals surface area contributed by atoms with E-state index in [1.54, 1.807) is 0 Å². The Morgan fingerprint density at radius 2 is 0.525 bits per heavy atom. The van der Waals surface area contributed by atoms with Crippen LogP contribution in [0.4, 0.5) is 0 Å². The van der Waals surface area contributed by atoms with Gasteiger partial charge in [-0.05, 0) is 57.8 Å². The fourth-order valence-electron chi connectivity index (χ4n) is 7.17. The van der Waals surface area contributed by atoms with Crippen molar-refractivity contribution in [2.24, 2.45) is 0 Å². The Bertz CT molecular complexity index is 458. The topological polar surface area (TPSA) is 27.7 Å². The molecular formula is C36H75AlO3. The van der Waals surface area contributed by atoms with Crippen molar-refractivity contribution in [1.29, 1.82) is 0 Å². The van der Waals surface area contributed by atoms with Crippen molar-refractivity contribution in [3.63, 3.8) is 0 Å². The molecule has 0 spiro atoms. The third kappa shape index (κ3) is 16.3. The zero-order valence-corrected chi connectivity index (χ0v) is 30.4. The molecule has 0 unspecified atom stereocenters. The van der Waals surface area contributed by atoms with E-state index < -0.39 is 15.1 Å². The highest BCUT2D eigenvalue weighted by atomic mass is 27.3. The maximum atomic E-state index is 7.47. The van der Waals surface area contributed by atoms with E-state index in [1.165, 1.54) is 57.8 Å². The second-order valence-electron chi connectivity index (χ2n) is 13.1. The molecule has 0 N–H and O–H groups in total. The van der Waals surface area contributed by atoms with E-state index in [4.69, 9.17) is 11.4 Å². The Hall–Kier alpha value is 0.412. The van der Waals surface area contributed by atoms with Crippen molar-refractivity contribution in [3.05, 3.63) is 0 Å². The second-order valence-corrected chi connectivity index (χ2v) is 14.3. The normalized spacial score (nSPS) is 12.8. The average Bonchev–Trinajstić information content (AvgIpc) is 2.90. The lowest BCUT2D eigenvalue weighted by Crippen LogP contribution is -2.51. The predicted octanol–water partition coefficient (Wildman–Crippen LogP) is 12.8. The van der Waals surface area contributed by atoms with Gasteiger partial charge in [-0.25, -0.2) is 0 Å². The van der Waals surface area contributed by atoms with Crippen molar-refractivity contribution in [2.75, 3.05) is 0 Å². The monoisotopic (exact) mass is 583 g/mol. The van der Waals surface area contributed by atoms with Gasteiger partial charge in [0, 0.05) is 16.8 Å². The van der Waals surface area contributed by atoms with Crippen LogP contribution in [0.15, 0.2) is 0 Å². The van der Waals surface area contributed by atoms with E-state index in [2.05, 4.69) is 62.3 Å². The fraction of sp³-hybridized carbons (Fsp3) is 1.00. The van der Waals surface area contributed by atoms with Crippen LogP contribution in [0.2, 0.25) is 0 Å². The van der Waals surface area contributed by atoms with Crippen LogP contribution in [0.1, 0.15) is 216 Å². The van der Waals surface area contributed by atoms with E-state index in [9.17, 15) is 0 Å². The van der Waals surface area contributed by atoms with E-state index >= 15 is 0 Å². The van der Waals surface area contributed by atoms with Gasteiger partial charge in [-0.1, -0.05) is 159 Å². The Morgan fingerprint density at radius 1 is 0.300 bits per heavy atom. The molecule has 0 aliphatic carbocycles. The van der Waals surface area contributed by atoms with Gasteiger partial charge < -0.3 is 11.4 Å². The van der Waals surface area contributed by atoms with Gasteiger partial charge in [0.05, 0.1) is 0 Å². The third-order valence-corrected chi connectivity index (χ3v) is 11.1. The van der Waals surface area contributed by atoms with Gasteiger partial charge in [0.1, 0.15) is 0 Å². The summed E-state index contributed by atoms with van der Waals surface area (Å²) in [6, 6.07) is 0. The summed E-state index contributed by atoms with van der Waals surface area (Å²) in [5.74, 6) is 0. The standard InChI is InChI=1S/3C12H25O.Al/c3*1-4-7-8-11-12(13,9-5-2)10-6-3;/h3*4-11H2,1-3H3;/q3*-1;+3. The summed E-state index contributed by atoms with van der Waals surface area (Å²) in [6.07, 6.45) is 28.4. The second kappa shape index (κ2) is 24.8. The Labute approximate surface area is 259 Å². The van der Waals surface area contributed by atoms with Gasteiger partial charge in [0.2, 0.25) is 0 Å². The molecule has 4 heteroatoms. The van der Waals surface area contributed by atoms with Crippen molar-refractivity contribution < 1.29 is 11.4 Å². The van der Waals surface area contributed by atoms with Crippen molar-refractivity contribution >= 4 is 15.1 Å². The lowest BCUT2D eigenvalue weighted by atomic mass is 9.87. The van der Waals surface area contributed by atoms with Crippen molar-refractivity contribution in [1.82, 2.24) is 0 Å². The molecule has 3 nitrogen and oxygen atoms in total. The summed E-state index contributed by atoms with van der Waals surface area (Å²) >= 11 is -2.45. The smallest absolute Gasteiger partial charge is 0.449 e. The molecule has 0 amide bonds. The van der Waals surface area contributed by atoms with Crippen LogP contribution in [0, 0.1) is 0 Å². The molecule has 0 aromatic carbocycles. The quantitative estimate of drug-likeness (QED) is 0.0622. The summed E-state index contributed by atoms with van der Waals surface area (Å²) in [4.78, 5) is 0. The lowest BCUT2D eigenvalue weighted by molar-refractivity contribution is -0.111. The molecule has 0 fully saturated rings. The van der Waals surface area contributed by atoms with E-state index in [0.717, 1.165) is 96.3 Å². The van der Waals surface area contributed by atoms with Crippen molar-refractivity contribution in [2.45, 2.75) is 233 Å². The SMILES string of the molecule is CCCCCC(CCC)(CCC)[O][Al]([O]C(CCC)(CCC)CCCCC)[O]C(CCC)(CCC)CCCCC. The molecule has 0 bridgehead atoms. The summed E-state index contributed by atoms with van der Waals surface area (Å²) in [5.41, 5.74) is -0.301. The molecule has 0 aromatic heterocycles. The minimum Gasteiger partial charge on any atom is -0.449 e. The predicted molar refractivity (Wildman–Crippen MR) is 179 cm³/mol. The molecule has 0 rings (SSSR count). The number of unbranched alkanes of at least 4 members (excludes halogenated alkanes) is 6. The minimum atomic E-state index is -2.45. The zero-order valence-electron chi connectivity index (χ0n) is 29.3. The molecule has 0 radical (unpaired) electrons. The minimum absolute atomic E-state index is 0.100. The summed E-state index contributed by atoms with van der Waals surface area (Å²) in [6.45, 7) is 20.9. The molecule has 0 aliphatic heterocycles. The van der Waals surface area contributed by atoms with Crippen LogP contribution in [0.25, 0.3) is 0 Å². The van der Waals surface area contributed by atoms with Gasteiger partial charge in [0.15, 0.2) is 0 Å². The molecule has 0 aromatic rings. The summed E-state index contributed by atoms with van der Waals surface area (Å²) in [5, 5.41) is 0. The first-order valence-electron chi connectivity index (χ1n) is 18.4. The first kappa shape index (κ1) is 40.4. The van der Waals surface area contributed by atoms with Crippen LogP contribution in [-0.4, -0.2) is 32.0 Å². The van der Waals surface area contributed by atoms with Gasteiger partial charge in [-0.3, -0.25) is 0 Å². The van der Waals surface area contributed by atoms with Gasteiger partial charge >= 0.3 is 15.1 Å². The number of hydrogen-bond donors (Lipinski definition) is 0. The highest BCUT2D eigenvalue weighted by Gasteiger charge is 2.50. The Balaban J connectivity index is 6.64. The van der Waals surface area contributed by atoms with Gasteiger partial charge in [-0.15, -0.1) is 0 Å². The van der Waals surface area contributed by atoms with Crippen LogP contribution in [0.5, 0.6) is 0 Å². The number of hydrogen-bond acceptors (Lipinski definition) is 3. The summed E-state index contributed by atoms with van der Waals surface area (Å²) < 4.78 is 22.4. The third-order valence-electron chi connectivity index (χ3n) is 8.98. The fourth-order valence-corrected chi connectivity index (χ4v) is 9.59. The first-order chi connectivity index (χ1) is 19.3. The lowest BCUT2D eigenvalue weighted by Gasteiger charge is -2.44. The highest BCUT2D eigenvalue weighted by Crippen LogP contribution is 2.39. The van der Waals surface area contributed by atoms with Crippen LogP contribution >= 0.6 is 0 Å². The largest absolute Gasteiger partial charge is 0.906 e. The van der Waals surface area contributed by atoms with Crippen LogP contribution in [0.3, 0.4) is 0 Å². The van der Waals surface area contributed by atoms with Gasteiger partial charge in [-0.2, -0.15) is 0 Å². The van der Waals surface area contributed by atoms with E-state index in [1.807, 2.05) is 0 Å². The van der Waals surface area contributed by atoms with E-state index in [-0.39, 0.29) is 16.8 Å². The molecule has 0 atom stereocenters. The molecule has 0 saturated carbocycles. The molecule has 40 heavy (non-hydrogen) atoms. The zero-order chi connectivity index (χ0) is 30.2. The highest BCUT2D eigenvalue weighted by molar-refractivity contribution is 6.37. The first-order valence-corrected chi connectivity index (χ1v) is 19.8. The molecule has 0 heterocycles. The molecule has 240 valence electrons. The maximum absolute atomic E-state index is 7.47. The Morgan fingerprint density at radius 3 is 0.700 bits per heavy atom. The molecular weight excluding hydrogens is 507 g/mol. The Kier molecular flexibility index (Phi) is 25.1. The maximum Gasteiger partial charge on any atom is 0.906 e.